The van der Waals surface area contributed by atoms with Gasteiger partial charge in [0.2, 0.25) is 0 Å². The molecule has 3 rings (SSSR count). The van der Waals surface area contributed by atoms with Crippen molar-refractivity contribution < 1.29 is 9.53 Å². The molecule has 1 aromatic carbocycles. The van der Waals surface area contributed by atoms with Crippen molar-refractivity contribution in [3.05, 3.63) is 82.4 Å². The van der Waals surface area contributed by atoms with Crippen molar-refractivity contribution in [2.45, 2.75) is 6.92 Å². The van der Waals surface area contributed by atoms with Crippen molar-refractivity contribution in [3.8, 4) is 11.4 Å². The fourth-order valence-electron chi connectivity index (χ4n) is 2.36. The Labute approximate surface area is 144 Å². The number of methoxy groups -OCH3 is 1. The van der Waals surface area contributed by atoms with Gasteiger partial charge in [0.1, 0.15) is 11.6 Å². The standard InChI is InChI=1S/C19H17N3O3/c1-13-9-10-20-17(11-13)21-19(24)14-3-8-18(23)22(12-14)15-4-6-16(25-2)7-5-15/h3-12H,1-2H3,(H,20,21,24). The highest BCUT2D eigenvalue weighted by Gasteiger charge is 2.10. The third kappa shape index (κ3) is 3.74. The maximum atomic E-state index is 12.4. The van der Waals surface area contributed by atoms with E-state index in [4.69, 9.17) is 4.74 Å². The summed E-state index contributed by atoms with van der Waals surface area (Å²) in [4.78, 5) is 28.7. The topological polar surface area (TPSA) is 73.2 Å². The van der Waals surface area contributed by atoms with Crippen molar-refractivity contribution in [3.63, 3.8) is 0 Å². The van der Waals surface area contributed by atoms with Gasteiger partial charge < -0.3 is 10.1 Å². The number of anilines is 1. The highest BCUT2D eigenvalue weighted by Crippen LogP contribution is 2.14. The predicted octanol–water partition coefficient (Wildman–Crippen LogP) is 2.80. The lowest BCUT2D eigenvalue weighted by Gasteiger charge is -2.09. The van der Waals surface area contributed by atoms with Crippen molar-refractivity contribution in [1.82, 2.24) is 9.55 Å². The zero-order chi connectivity index (χ0) is 17.8. The molecule has 0 aliphatic rings. The highest BCUT2D eigenvalue weighted by molar-refractivity contribution is 6.03. The minimum atomic E-state index is -0.333. The Morgan fingerprint density at radius 2 is 1.88 bits per heavy atom. The summed E-state index contributed by atoms with van der Waals surface area (Å²) in [6.45, 7) is 1.92. The van der Waals surface area contributed by atoms with E-state index in [0.717, 1.165) is 5.56 Å². The molecular weight excluding hydrogens is 318 g/mol. The highest BCUT2D eigenvalue weighted by atomic mass is 16.5. The number of carbonyl (C=O) groups is 1. The quantitative estimate of drug-likeness (QED) is 0.796. The summed E-state index contributed by atoms with van der Waals surface area (Å²) in [5, 5.41) is 2.73. The minimum Gasteiger partial charge on any atom is -0.497 e. The lowest BCUT2D eigenvalue weighted by Crippen LogP contribution is -2.21. The molecule has 2 heterocycles. The average molecular weight is 335 g/mol. The lowest BCUT2D eigenvalue weighted by molar-refractivity contribution is 0.102. The molecule has 25 heavy (non-hydrogen) atoms. The first kappa shape index (κ1) is 16.4. The van der Waals surface area contributed by atoms with E-state index >= 15 is 0 Å². The molecule has 3 aromatic rings. The maximum absolute atomic E-state index is 12.4. The van der Waals surface area contributed by atoms with Crippen molar-refractivity contribution in [2.24, 2.45) is 0 Å². The summed E-state index contributed by atoms with van der Waals surface area (Å²) >= 11 is 0. The third-order valence-electron chi connectivity index (χ3n) is 3.68. The van der Waals surface area contributed by atoms with Crippen molar-refractivity contribution in [2.75, 3.05) is 12.4 Å². The van der Waals surface area contributed by atoms with Gasteiger partial charge in [-0.1, -0.05) is 0 Å². The Kier molecular flexibility index (Phi) is 4.61. The number of hydrogen-bond donors (Lipinski definition) is 1. The number of ether oxygens (including phenoxy) is 1. The van der Waals surface area contributed by atoms with Gasteiger partial charge in [0.15, 0.2) is 0 Å². The van der Waals surface area contributed by atoms with Gasteiger partial charge in [-0.05, 0) is 55.0 Å². The van der Waals surface area contributed by atoms with Gasteiger partial charge in [-0.2, -0.15) is 0 Å². The van der Waals surface area contributed by atoms with Crippen LogP contribution in [0.15, 0.2) is 65.7 Å². The number of hydrogen-bond acceptors (Lipinski definition) is 4. The van der Waals surface area contributed by atoms with Crippen LogP contribution in [0.25, 0.3) is 5.69 Å². The molecule has 0 atom stereocenters. The SMILES string of the molecule is COc1ccc(-n2cc(C(=O)Nc3cc(C)ccn3)ccc2=O)cc1. The van der Waals surface area contributed by atoms with Crippen LogP contribution in [0.3, 0.4) is 0 Å². The number of nitrogens with zero attached hydrogens (tertiary/aromatic N) is 2. The summed E-state index contributed by atoms with van der Waals surface area (Å²) < 4.78 is 6.53. The minimum absolute atomic E-state index is 0.226. The summed E-state index contributed by atoms with van der Waals surface area (Å²) in [6, 6.07) is 13.5. The van der Waals surface area contributed by atoms with Crippen LogP contribution in [-0.2, 0) is 0 Å². The van der Waals surface area contributed by atoms with Gasteiger partial charge in [-0.25, -0.2) is 4.98 Å². The number of nitrogens with one attached hydrogen (secondary N) is 1. The third-order valence-corrected chi connectivity index (χ3v) is 3.68. The van der Waals surface area contributed by atoms with Crippen LogP contribution in [0.1, 0.15) is 15.9 Å². The fraction of sp³-hybridized carbons (Fsp3) is 0.105. The molecule has 0 aliphatic heterocycles. The fourth-order valence-corrected chi connectivity index (χ4v) is 2.36. The summed E-state index contributed by atoms with van der Waals surface area (Å²) in [7, 11) is 1.57. The summed E-state index contributed by atoms with van der Waals surface area (Å²) in [6.07, 6.45) is 3.14. The number of amides is 1. The molecular formula is C19H17N3O3. The number of pyridine rings is 2. The van der Waals surface area contributed by atoms with Gasteiger partial charge in [0.25, 0.3) is 11.5 Å². The maximum Gasteiger partial charge on any atom is 0.258 e. The monoisotopic (exact) mass is 335 g/mol. The number of rotatable bonds is 4. The van der Waals surface area contributed by atoms with Crippen LogP contribution in [0.5, 0.6) is 5.75 Å². The zero-order valence-electron chi connectivity index (χ0n) is 13.9. The number of carbonyl (C=O) groups excluding carboxylic acids is 1. The molecule has 2 aromatic heterocycles. The second kappa shape index (κ2) is 7.00. The molecule has 6 heteroatoms. The molecule has 0 spiro atoms. The Hall–Kier alpha value is -3.41. The predicted molar refractivity (Wildman–Crippen MR) is 95.5 cm³/mol. The smallest absolute Gasteiger partial charge is 0.258 e. The average Bonchev–Trinajstić information content (AvgIpc) is 2.62. The van der Waals surface area contributed by atoms with Crippen LogP contribution >= 0.6 is 0 Å². The van der Waals surface area contributed by atoms with E-state index in [9.17, 15) is 9.59 Å². The molecule has 126 valence electrons. The van der Waals surface area contributed by atoms with Crippen LogP contribution in [0, 0.1) is 6.92 Å². The number of aromatic nitrogens is 2. The van der Waals surface area contributed by atoms with Gasteiger partial charge in [-0.15, -0.1) is 0 Å². The molecule has 0 fully saturated rings. The first-order valence-electron chi connectivity index (χ1n) is 7.68. The normalized spacial score (nSPS) is 10.3. The molecule has 6 nitrogen and oxygen atoms in total. The van der Waals surface area contributed by atoms with Crippen molar-refractivity contribution >= 4 is 11.7 Å². The molecule has 0 saturated heterocycles. The second-order valence-electron chi connectivity index (χ2n) is 5.50. The molecule has 0 unspecified atom stereocenters. The van der Waals surface area contributed by atoms with Crippen LogP contribution in [-0.4, -0.2) is 22.6 Å². The van der Waals surface area contributed by atoms with Gasteiger partial charge in [0, 0.05) is 24.1 Å². The molecule has 0 saturated carbocycles. The molecule has 1 amide bonds. The summed E-state index contributed by atoms with van der Waals surface area (Å²) in [5.74, 6) is 0.823. The van der Waals surface area contributed by atoms with E-state index in [1.54, 1.807) is 43.6 Å². The van der Waals surface area contributed by atoms with Gasteiger partial charge in [-0.3, -0.25) is 14.2 Å². The first-order chi connectivity index (χ1) is 12.1. The largest absolute Gasteiger partial charge is 0.497 e. The molecule has 1 N–H and O–H groups in total. The van der Waals surface area contributed by atoms with E-state index in [1.807, 2.05) is 13.0 Å². The number of benzene rings is 1. The summed E-state index contributed by atoms with van der Waals surface area (Å²) in [5.41, 5.74) is 1.77. The lowest BCUT2D eigenvalue weighted by atomic mass is 10.2. The molecule has 0 bridgehead atoms. The first-order valence-corrected chi connectivity index (χ1v) is 7.68. The Morgan fingerprint density at radius 1 is 1.12 bits per heavy atom. The van der Waals surface area contributed by atoms with Gasteiger partial charge >= 0.3 is 0 Å². The van der Waals surface area contributed by atoms with E-state index in [2.05, 4.69) is 10.3 Å². The zero-order valence-corrected chi connectivity index (χ0v) is 13.9. The Morgan fingerprint density at radius 3 is 2.56 bits per heavy atom. The molecule has 0 radical (unpaired) electrons. The van der Waals surface area contributed by atoms with E-state index in [-0.39, 0.29) is 11.5 Å². The Balaban J connectivity index is 1.90. The molecule has 0 aliphatic carbocycles. The van der Waals surface area contributed by atoms with E-state index in [0.29, 0.717) is 22.8 Å². The second-order valence-corrected chi connectivity index (χ2v) is 5.50. The van der Waals surface area contributed by atoms with Crippen LogP contribution < -0.4 is 15.6 Å². The van der Waals surface area contributed by atoms with Crippen LogP contribution in [0.4, 0.5) is 5.82 Å². The Bertz CT molecular complexity index is 962. The van der Waals surface area contributed by atoms with Crippen molar-refractivity contribution in [1.29, 1.82) is 0 Å². The van der Waals surface area contributed by atoms with E-state index in [1.165, 1.54) is 22.9 Å². The number of aryl methyl sites for hydroxylation is 1. The van der Waals surface area contributed by atoms with E-state index < -0.39 is 0 Å². The van der Waals surface area contributed by atoms with Crippen LogP contribution in [0.2, 0.25) is 0 Å². The van der Waals surface area contributed by atoms with Gasteiger partial charge in [0.05, 0.1) is 12.7 Å².